The Morgan fingerprint density at radius 3 is 3.00 bits per heavy atom. The smallest absolute Gasteiger partial charge is 0.0625 e. The van der Waals surface area contributed by atoms with Gasteiger partial charge in [-0.15, -0.1) is 11.8 Å². The highest BCUT2D eigenvalue weighted by Gasteiger charge is 1.98. The Bertz CT molecular complexity index is 260. The van der Waals surface area contributed by atoms with E-state index in [2.05, 4.69) is 24.3 Å². The molecular formula is C10H19N3S. The van der Waals surface area contributed by atoms with E-state index < -0.39 is 0 Å². The van der Waals surface area contributed by atoms with Gasteiger partial charge in [0.05, 0.1) is 6.20 Å². The van der Waals surface area contributed by atoms with E-state index >= 15 is 0 Å². The Kier molecular flexibility index (Phi) is 5.04. The summed E-state index contributed by atoms with van der Waals surface area (Å²) in [6.07, 6.45) is 5.15. The van der Waals surface area contributed by atoms with Gasteiger partial charge in [-0.25, -0.2) is 0 Å². The van der Waals surface area contributed by atoms with Gasteiger partial charge in [0.15, 0.2) is 0 Å². The van der Waals surface area contributed by atoms with Gasteiger partial charge in [0.2, 0.25) is 0 Å². The molecule has 0 saturated heterocycles. The second kappa shape index (κ2) is 6.09. The molecule has 0 aliphatic carbocycles. The lowest BCUT2D eigenvalue weighted by molar-refractivity contribution is 0.555. The summed E-state index contributed by atoms with van der Waals surface area (Å²) in [4.78, 5) is 1.25. The third-order valence-electron chi connectivity index (χ3n) is 2.16. The molecule has 3 nitrogen and oxygen atoms in total. The van der Waals surface area contributed by atoms with Crippen LogP contribution in [0.5, 0.6) is 0 Å². The Morgan fingerprint density at radius 2 is 2.43 bits per heavy atom. The van der Waals surface area contributed by atoms with Crippen molar-refractivity contribution in [3.63, 3.8) is 0 Å². The standard InChI is InChI=1S/C10H19N3S/c1-4-9(2)11-5-6-14-10-7-12-13(3)8-10/h7-9,11H,4-6H2,1-3H3. The van der Waals surface area contributed by atoms with Crippen LogP contribution in [0.1, 0.15) is 20.3 Å². The second-order valence-corrected chi connectivity index (χ2v) is 4.63. The fourth-order valence-electron chi connectivity index (χ4n) is 1.09. The zero-order valence-corrected chi connectivity index (χ0v) is 9.97. The molecule has 1 aromatic heterocycles. The zero-order valence-electron chi connectivity index (χ0n) is 9.16. The number of hydrogen-bond donors (Lipinski definition) is 1. The maximum Gasteiger partial charge on any atom is 0.0625 e. The first-order chi connectivity index (χ1) is 6.72. The van der Waals surface area contributed by atoms with Gasteiger partial charge in [0.25, 0.3) is 0 Å². The van der Waals surface area contributed by atoms with Crippen LogP contribution in [-0.2, 0) is 7.05 Å². The van der Waals surface area contributed by atoms with E-state index in [4.69, 9.17) is 0 Å². The number of aryl methyl sites for hydroxylation is 1. The van der Waals surface area contributed by atoms with Crippen LogP contribution in [0.2, 0.25) is 0 Å². The Hall–Kier alpha value is -0.480. The maximum absolute atomic E-state index is 4.12. The molecule has 0 spiro atoms. The Labute approximate surface area is 90.3 Å². The van der Waals surface area contributed by atoms with Crippen LogP contribution in [0.3, 0.4) is 0 Å². The fraction of sp³-hybridized carbons (Fsp3) is 0.700. The number of nitrogens with one attached hydrogen (secondary N) is 1. The van der Waals surface area contributed by atoms with Crippen molar-refractivity contribution >= 4 is 11.8 Å². The van der Waals surface area contributed by atoms with Crippen molar-refractivity contribution in [2.45, 2.75) is 31.2 Å². The van der Waals surface area contributed by atoms with E-state index in [0.29, 0.717) is 6.04 Å². The van der Waals surface area contributed by atoms with Gasteiger partial charge in [-0.05, 0) is 13.3 Å². The van der Waals surface area contributed by atoms with E-state index in [-0.39, 0.29) is 0 Å². The SMILES string of the molecule is CCC(C)NCCSc1cnn(C)c1. The van der Waals surface area contributed by atoms with Gasteiger partial charge in [0.1, 0.15) is 0 Å². The molecule has 0 bridgehead atoms. The number of thioether (sulfide) groups is 1. The molecule has 0 aliphatic heterocycles. The summed E-state index contributed by atoms with van der Waals surface area (Å²) in [6.45, 7) is 5.48. The molecule has 4 heteroatoms. The third-order valence-corrected chi connectivity index (χ3v) is 3.11. The first-order valence-electron chi connectivity index (χ1n) is 5.07. The summed E-state index contributed by atoms with van der Waals surface area (Å²) in [6, 6.07) is 0.629. The number of aromatic nitrogens is 2. The largest absolute Gasteiger partial charge is 0.313 e. The van der Waals surface area contributed by atoms with E-state index in [1.165, 1.54) is 11.3 Å². The molecule has 0 radical (unpaired) electrons. The molecule has 0 aromatic carbocycles. The third kappa shape index (κ3) is 4.15. The summed E-state index contributed by atoms with van der Waals surface area (Å²) >= 11 is 1.85. The number of rotatable bonds is 6. The van der Waals surface area contributed by atoms with E-state index in [1.807, 2.05) is 35.9 Å². The molecule has 1 atom stereocenters. The highest BCUT2D eigenvalue weighted by molar-refractivity contribution is 7.99. The molecule has 1 N–H and O–H groups in total. The molecular weight excluding hydrogens is 194 g/mol. The zero-order chi connectivity index (χ0) is 10.4. The van der Waals surface area contributed by atoms with E-state index in [0.717, 1.165) is 12.3 Å². The summed E-state index contributed by atoms with van der Waals surface area (Å²) in [7, 11) is 1.95. The van der Waals surface area contributed by atoms with Crippen molar-refractivity contribution in [1.82, 2.24) is 15.1 Å². The summed E-state index contributed by atoms with van der Waals surface area (Å²) in [5, 5.41) is 7.58. The van der Waals surface area contributed by atoms with Gasteiger partial charge in [-0.1, -0.05) is 6.92 Å². The van der Waals surface area contributed by atoms with Gasteiger partial charge in [-0.3, -0.25) is 4.68 Å². The number of nitrogens with zero attached hydrogens (tertiary/aromatic N) is 2. The fourth-order valence-corrected chi connectivity index (χ4v) is 1.90. The van der Waals surface area contributed by atoms with Crippen molar-refractivity contribution in [2.24, 2.45) is 7.05 Å². The van der Waals surface area contributed by atoms with Crippen molar-refractivity contribution in [3.05, 3.63) is 12.4 Å². The molecule has 14 heavy (non-hydrogen) atoms. The van der Waals surface area contributed by atoms with Gasteiger partial charge in [-0.2, -0.15) is 5.10 Å². The van der Waals surface area contributed by atoms with Crippen LogP contribution in [0.25, 0.3) is 0 Å². The van der Waals surface area contributed by atoms with Gasteiger partial charge < -0.3 is 5.32 Å². The first kappa shape index (κ1) is 11.6. The van der Waals surface area contributed by atoms with Crippen LogP contribution >= 0.6 is 11.8 Å². The Balaban J connectivity index is 2.10. The minimum atomic E-state index is 0.629. The highest BCUT2D eigenvalue weighted by atomic mass is 32.2. The van der Waals surface area contributed by atoms with Crippen LogP contribution in [0.4, 0.5) is 0 Å². The van der Waals surface area contributed by atoms with Crippen LogP contribution < -0.4 is 5.32 Å². The van der Waals surface area contributed by atoms with Gasteiger partial charge >= 0.3 is 0 Å². The molecule has 1 rings (SSSR count). The predicted molar refractivity (Wildman–Crippen MR) is 61.7 cm³/mol. The van der Waals surface area contributed by atoms with Crippen LogP contribution in [0, 0.1) is 0 Å². The summed E-state index contributed by atoms with van der Waals surface area (Å²) in [5.41, 5.74) is 0. The van der Waals surface area contributed by atoms with Crippen LogP contribution in [-0.4, -0.2) is 28.1 Å². The number of hydrogen-bond acceptors (Lipinski definition) is 3. The molecule has 1 heterocycles. The second-order valence-electron chi connectivity index (χ2n) is 3.46. The van der Waals surface area contributed by atoms with E-state index in [1.54, 1.807) is 0 Å². The minimum Gasteiger partial charge on any atom is -0.313 e. The first-order valence-corrected chi connectivity index (χ1v) is 6.05. The quantitative estimate of drug-likeness (QED) is 0.578. The maximum atomic E-state index is 4.12. The van der Waals surface area contributed by atoms with Crippen LogP contribution in [0.15, 0.2) is 17.3 Å². The molecule has 80 valence electrons. The van der Waals surface area contributed by atoms with Crippen molar-refractivity contribution < 1.29 is 0 Å². The molecule has 0 saturated carbocycles. The van der Waals surface area contributed by atoms with Crippen molar-refractivity contribution in [1.29, 1.82) is 0 Å². The molecule has 1 unspecified atom stereocenters. The van der Waals surface area contributed by atoms with E-state index in [9.17, 15) is 0 Å². The predicted octanol–water partition coefficient (Wildman–Crippen LogP) is 1.90. The summed E-state index contributed by atoms with van der Waals surface area (Å²) in [5.74, 6) is 1.11. The average Bonchev–Trinajstić information content (AvgIpc) is 2.58. The normalized spacial score (nSPS) is 13.1. The molecule has 1 aromatic rings. The molecule has 0 aliphatic rings. The highest BCUT2D eigenvalue weighted by Crippen LogP contribution is 2.15. The van der Waals surface area contributed by atoms with Crippen molar-refractivity contribution in [2.75, 3.05) is 12.3 Å². The average molecular weight is 213 g/mol. The lowest BCUT2D eigenvalue weighted by Crippen LogP contribution is -2.27. The van der Waals surface area contributed by atoms with Gasteiger partial charge in [0, 0.05) is 36.5 Å². The lowest BCUT2D eigenvalue weighted by atomic mass is 10.3. The lowest BCUT2D eigenvalue weighted by Gasteiger charge is -2.09. The Morgan fingerprint density at radius 1 is 1.64 bits per heavy atom. The monoisotopic (exact) mass is 213 g/mol. The summed E-state index contributed by atoms with van der Waals surface area (Å²) < 4.78 is 1.84. The van der Waals surface area contributed by atoms with Crippen molar-refractivity contribution in [3.8, 4) is 0 Å². The molecule has 0 amide bonds. The topological polar surface area (TPSA) is 29.9 Å². The minimum absolute atomic E-state index is 0.629. The molecule has 0 fully saturated rings.